The van der Waals surface area contributed by atoms with Crippen LogP contribution in [0.3, 0.4) is 0 Å². The molecule has 2 aliphatic carbocycles. The van der Waals surface area contributed by atoms with Gasteiger partial charge in [-0.05, 0) is 43.4 Å². The Hall–Kier alpha value is -1.35. The number of fused-ring (bicyclic) bond motifs is 1. The number of anilines is 1. The molecule has 2 atom stereocenters. The zero-order valence-electron chi connectivity index (χ0n) is 11.5. The van der Waals surface area contributed by atoms with E-state index in [1.54, 1.807) is 0 Å². The van der Waals surface area contributed by atoms with E-state index in [1.165, 1.54) is 25.7 Å². The molecule has 2 fully saturated rings. The molecule has 2 aliphatic rings. The second kappa shape index (κ2) is 5.33. The van der Waals surface area contributed by atoms with Crippen LogP contribution in [0.1, 0.15) is 31.2 Å². The van der Waals surface area contributed by atoms with Gasteiger partial charge in [0.05, 0.1) is 0 Å². The fraction of sp³-hybridized carbons (Fsp3) is 0.562. The number of para-hydroxylation sites is 1. The van der Waals surface area contributed by atoms with Gasteiger partial charge >= 0.3 is 0 Å². The molecule has 0 aromatic heterocycles. The third-order valence-electron chi connectivity index (χ3n) is 4.60. The molecule has 0 spiro atoms. The summed E-state index contributed by atoms with van der Waals surface area (Å²) in [5, 5.41) is 6.28. The third-order valence-corrected chi connectivity index (χ3v) is 4.60. The first-order valence-electron chi connectivity index (χ1n) is 7.34. The van der Waals surface area contributed by atoms with Crippen LogP contribution in [0.15, 0.2) is 24.3 Å². The molecule has 1 amide bonds. The molecule has 0 heterocycles. The average molecular weight is 258 g/mol. The molecule has 3 nitrogen and oxygen atoms in total. The topological polar surface area (TPSA) is 41.1 Å². The van der Waals surface area contributed by atoms with Crippen molar-refractivity contribution in [2.75, 3.05) is 12.4 Å². The van der Waals surface area contributed by atoms with Crippen LogP contribution in [0.2, 0.25) is 0 Å². The first-order chi connectivity index (χ1) is 9.31. The molecule has 19 heavy (non-hydrogen) atoms. The summed E-state index contributed by atoms with van der Waals surface area (Å²) in [4.78, 5) is 12.4. The Balaban J connectivity index is 1.67. The molecule has 0 aliphatic heterocycles. The molecule has 2 N–H and O–H groups in total. The Labute approximate surface area is 114 Å². The Kier molecular flexibility index (Phi) is 3.56. The van der Waals surface area contributed by atoms with Gasteiger partial charge in [-0.1, -0.05) is 31.0 Å². The fourth-order valence-electron chi connectivity index (χ4n) is 3.58. The minimum absolute atomic E-state index is 0.237. The van der Waals surface area contributed by atoms with Gasteiger partial charge in [0.2, 0.25) is 5.91 Å². The molecule has 3 rings (SSSR count). The maximum absolute atomic E-state index is 12.4. The van der Waals surface area contributed by atoms with Gasteiger partial charge in [0.15, 0.2) is 0 Å². The normalized spacial score (nSPS) is 28.6. The lowest BCUT2D eigenvalue weighted by Gasteiger charge is -2.10. The zero-order valence-corrected chi connectivity index (χ0v) is 11.5. The van der Waals surface area contributed by atoms with Crippen LogP contribution in [-0.2, 0) is 11.3 Å². The first-order valence-corrected chi connectivity index (χ1v) is 7.34. The highest BCUT2D eigenvalue weighted by molar-refractivity contribution is 5.95. The second-order valence-electron chi connectivity index (χ2n) is 5.81. The summed E-state index contributed by atoms with van der Waals surface area (Å²) >= 11 is 0. The standard InChI is InChI=1S/C16H22N2O/c1-17-10-11-6-2-5-9-14(11)18-16(19)15-12-7-3-4-8-13(12)15/h2,5-6,9,12-13,15,17H,3-4,7-8,10H2,1H3,(H,18,19). The molecule has 3 heteroatoms. The highest BCUT2D eigenvalue weighted by atomic mass is 16.2. The average Bonchev–Trinajstić information content (AvgIpc) is 3.15. The van der Waals surface area contributed by atoms with Crippen LogP contribution in [0.4, 0.5) is 5.69 Å². The number of nitrogens with one attached hydrogen (secondary N) is 2. The maximum Gasteiger partial charge on any atom is 0.228 e. The lowest BCUT2D eigenvalue weighted by Crippen LogP contribution is -2.18. The highest BCUT2D eigenvalue weighted by Gasteiger charge is 2.54. The molecule has 0 bridgehead atoms. The number of amides is 1. The smallest absolute Gasteiger partial charge is 0.228 e. The van der Waals surface area contributed by atoms with Gasteiger partial charge in [-0.2, -0.15) is 0 Å². The number of hydrogen-bond acceptors (Lipinski definition) is 2. The summed E-state index contributed by atoms with van der Waals surface area (Å²) in [6.07, 6.45) is 5.12. The summed E-state index contributed by atoms with van der Waals surface area (Å²) in [6.45, 7) is 0.786. The van der Waals surface area contributed by atoms with Crippen molar-refractivity contribution in [1.82, 2.24) is 5.32 Å². The number of hydrogen-bond donors (Lipinski definition) is 2. The van der Waals surface area contributed by atoms with Crippen LogP contribution < -0.4 is 10.6 Å². The molecule has 2 saturated carbocycles. The van der Waals surface area contributed by atoms with Crippen LogP contribution in [0.25, 0.3) is 0 Å². The number of rotatable bonds is 4. The van der Waals surface area contributed by atoms with Crippen LogP contribution in [-0.4, -0.2) is 13.0 Å². The lowest BCUT2D eigenvalue weighted by molar-refractivity contribution is -0.117. The van der Waals surface area contributed by atoms with E-state index in [2.05, 4.69) is 16.7 Å². The van der Waals surface area contributed by atoms with Crippen LogP contribution in [0.5, 0.6) is 0 Å². The van der Waals surface area contributed by atoms with Crippen molar-refractivity contribution in [1.29, 1.82) is 0 Å². The van der Waals surface area contributed by atoms with Crippen molar-refractivity contribution in [3.63, 3.8) is 0 Å². The Morgan fingerprint density at radius 3 is 2.58 bits per heavy atom. The molecular weight excluding hydrogens is 236 g/mol. The third kappa shape index (κ3) is 2.52. The summed E-state index contributed by atoms with van der Waals surface area (Å²) < 4.78 is 0. The maximum atomic E-state index is 12.4. The minimum Gasteiger partial charge on any atom is -0.326 e. The largest absolute Gasteiger partial charge is 0.326 e. The van der Waals surface area contributed by atoms with E-state index >= 15 is 0 Å². The van der Waals surface area contributed by atoms with Gasteiger partial charge in [-0.3, -0.25) is 4.79 Å². The first kappa shape index (κ1) is 12.7. The molecule has 0 radical (unpaired) electrons. The number of benzene rings is 1. The SMILES string of the molecule is CNCc1ccccc1NC(=O)C1C2CCCCC21. The minimum atomic E-state index is 0.237. The fourth-order valence-corrected chi connectivity index (χ4v) is 3.58. The van der Waals surface area contributed by atoms with Gasteiger partial charge in [-0.15, -0.1) is 0 Å². The van der Waals surface area contributed by atoms with Crippen molar-refractivity contribution in [2.24, 2.45) is 17.8 Å². The summed E-state index contributed by atoms with van der Waals surface area (Å²) in [5.41, 5.74) is 2.12. The molecule has 0 saturated heterocycles. The van der Waals surface area contributed by atoms with E-state index in [0.29, 0.717) is 11.8 Å². The monoisotopic (exact) mass is 258 g/mol. The summed E-state index contributed by atoms with van der Waals surface area (Å²) in [7, 11) is 1.92. The number of carbonyl (C=O) groups excluding carboxylic acids is 1. The van der Waals surface area contributed by atoms with E-state index in [-0.39, 0.29) is 11.8 Å². The summed E-state index contributed by atoms with van der Waals surface area (Å²) in [5.74, 6) is 1.86. The van der Waals surface area contributed by atoms with Crippen LogP contribution in [0, 0.1) is 17.8 Å². The van der Waals surface area contributed by atoms with Crippen molar-refractivity contribution in [3.8, 4) is 0 Å². The van der Waals surface area contributed by atoms with E-state index in [0.717, 1.165) is 17.8 Å². The van der Waals surface area contributed by atoms with Gasteiger partial charge < -0.3 is 10.6 Å². The van der Waals surface area contributed by atoms with Gasteiger partial charge in [0.25, 0.3) is 0 Å². The molecule has 1 aromatic rings. The predicted molar refractivity (Wildman–Crippen MR) is 76.8 cm³/mol. The van der Waals surface area contributed by atoms with E-state index in [4.69, 9.17) is 0 Å². The van der Waals surface area contributed by atoms with Crippen LogP contribution >= 0.6 is 0 Å². The van der Waals surface area contributed by atoms with Gasteiger partial charge in [-0.25, -0.2) is 0 Å². The summed E-state index contributed by atoms with van der Waals surface area (Å²) in [6, 6.07) is 8.05. The molecule has 102 valence electrons. The van der Waals surface area contributed by atoms with Crippen molar-refractivity contribution in [3.05, 3.63) is 29.8 Å². The van der Waals surface area contributed by atoms with E-state index in [9.17, 15) is 4.79 Å². The van der Waals surface area contributed by atoms with E-state index in [1.807, 2.05) is 25.2 Å². The van der Waals surface area contributed by atoms with Crippen molar-refractivity contribution >= 4 is 11.6 Å². The second-order valence-corrected chi connectivity index (χ2v) is 5.81. The Morgan fingerprint density at radius 1 is 1.21 bits per heavy atom. The Bertz CT molecular complexity index is 460. The lowest BCUT2D eigenvalue weighted by atomic mass is 10.0. The zero-order chi connectivity index (χ0) is 13.2. The number of carbonyl (C=O) groups is 1. The molecule has 1 aromatic carbocycles. The Morgan fingerprint density at radius 2 is 1.89 bits per heavy atom. The molecule has 2 unspecified atom stereocenters. The van der Waals surface area contributed by atoms with Crippen molar-refractivity contribution < 1.29 is 4.79 Å². The quantitative estimate of drug-likeness (QED) is 0.872. The highest BCUT2D eigenvalue weighted by Crippen LogP contribution is 2.55. The van der Waals surface area contributed by atoms with Gasteiger partial charge in [0.1, 0.15) is 0 Å². The van der Waals surface area contributed by atoms with E-state index < -0.39 is 0 Å². The van der Waals surface area contributed by atoms with Gasteiger partial charge in [0, 0.05) is 18.2 Å². The molecular formula is C16H22N2O. The van der Waals surface area contributed by atoms with Crippen molar-refractivity contribution in [2.45, 2.75) is 32.2 Å². The predicted octanol–water partition coefficient (Wildman–Crippen LogP) is 2.78.